The Morgan fingerprint density at radius 2 is 1.90 bits per heavy atom. The Morgan fingerprint density at radius 3 is 2.52 bits per heavy atom. The minimum absolute atomic E-state index is 0.286. The van der Waals surface area contributed by atoms with Gasteiger partial charge in [-0.3, -0.25) is 0 Å². The summed E-state index contributed by atoms with van der Waals surface area (Å²) in [6, 6.07) is 0.424. The summed E-state index contributed by atoms with van der Waals surface area (Å²) < 4.78 is 5.58. The van der Waals surface area contributed by atoms with Crippen LogP contribution in [0.15, 0.2) is 4.52 Å². The van der Waals surface area contributed by atoms with E-state index in [0.717, 1.165) is 31.1 Å². The van der Waals surface area contributed by atoms with Gasteiger partial charge in [0.1, 0.15) is 0 Å². The molecule has 2 rings (SSSR count). The molecule has 120 valence electrons. The molecular weight excluding hydrogens is 262 g/mol. The second-order valence-corrected chi connectivity index (χ2v) is 6.44. The summed E-state index contributed by atoms with van der Waals surface area (Å²) in [5.41, 5.74) is 0. The molecule has 1 fully saturated rings. The SMILES string of the molecule is CCCNC(CC)C(C)c1nc(C2CCCCCC2)no1. The maximum absolute atomic E-state index is 5.58. The lowest BCUT2D eigenvalue weighted by atomic mass is 9.98. The Balaban J connectivity index is 2.00. The van der Waals surface area contributed by atoms with Gasteiger partial charge in [-0.15, -0.1) is 0 Å². The molecule has 2 atom stereocenters. The lowest BCUT2D eigenvalue weighted by Crippen LogP contribution is -2.33. The Hall–Kier alpha value is -0.900. The highest BCUT2D eigenvalue weighted by molar-refractivity contribution is 5.01. The third-order valence-electron chi connectivity index (χ3n) is 4.77. The van der Waals surface area contributed by atoms with Crippen molar-refractivity contribution in [2.24, 2.45) is 0 Å². The first-order valence-electron chi connectivity index (χ1n) is 8.83. The van der Waals surface area contributed by atoms with Crippen LogP contribution in [0.25, 0.3) is 0 Å². The fourth-order valence-corrected chi connectivity index (χ4v) is 3.31. The van der Waals surface area contributed by atoms with Crippen LogP contribution in [-0.4, -0.2) is 22.7 Å². The molecule has 0 aromatic carbocycles. The van der Waals surface area contributed by atoms with Crippen LogP contribution in [0.4, 0.5) is 0 Å². The Labute approximate surface area is 129 Å². The highest BCUT2D eigenvalue weighted by atomic mass is 16.5. The van der Waals surface area contributed by atoms with Gasteiger partial charge >= 0.3 is 0 Å². The van der Waals surface area contributed by atoms with Crippen LogP contribution < -0.4 is 5.32 Å². The lowest BCUT2D eigenvalue weighted by molar-refractivity contribution is 0.315. The molecule has 0 amide bonds. The summed E-state index contributed by atoms with van der Waals surface area (Å²) in [5.74, 6) is 2.56. The van der Waals surface area contributed by atoms with Crippen LogP contribution in [0.5, 0.6) is 0 Å². The summed E-state index contributed by atoms with van der Waals surface area (Å²) in [6.07, 6.45) is 10.0. The highest BCUT2D eigenvalue weighted by Gasteiger charge is 2.25. The first-order valence-corrected chi connectivity index (χ1v) is 8.83. The standard InChI is InChI=1S/C17H31N3O/c1-4-12-18-15(5-2)13(3)17-19-16(20-21-17)14-10-8-6-7-9-11-14/h13-15,18H,4-12H2,1-3H3. The van der Waals surface area contributed by atoms with E-state index in [4.69, 9.17) is 9.51 Å². The number of hydrogen-bond donors (Lipinski definition) is 1. The average molecular weight is 293 g/mol. The minimum atomic E-state index is 0.286. The molecule has 2 unspecified atom stereocenters. The quantitative estimate of drug-likeness (QED) is 0.758. The van der Waals surface area contributed by atoms with Gasteiger partial charge in [-0.25, -0.2) is 0 Å². The first-order chi connectivity index (χ1) is 10.3. The second kappa shape index (κ2) is 8.52. The average Bonchev–Trinajstić information content (AvgIpc) is 2.83. The van der Waals surface area contributed by atoms with Gasteiger partial charge < -0.3 is 9.84 Å². The zero-order valence-electron chi connectivity index (χ0n) is 13.9. The van der Waals surface area contributed by atoms with Gasteiger partial charge in [0.2, 0.25) is 5.89 Å². The lowest BCUT2D eigenvalue weighted by Gasteiger charge is -2.20. The summed E-state index contributed by atoms with van der Waals surface area (Å²) in [5, 5.41) is 7.87. The van der Waals surface area contributed by atoms with E-state index in [1.54, 1.807) is 0 Å². The normalized spacial score (nSPS) is 20.1. The highest BCUT2D eigenvalue weighted by Crippen LogP contribution is 2.31. The molecule has 1 aromatic rings. The van der Waals surface area contributed by atoms with E-state index in [1.165, 1.54) is 38.5 Å². The van der Waals surface area contributed by atoms with Crippen molar-refractivity contribution in [2.75, 3.05) is 6.54 Å². The third-order valence-corrected chi connectivity index (χ3v) is 4.77. The van der Waals surface area contributed by atoms with Crippen molar-refractivity contribution in [3.8, 4) is 0 Å². The molecule has 0 bridgehead atoms. The smallest absolute Gasteiger partial charge is 0.231 e. The monoisotopic (exact) mass is 293 g/mol. The molecule has 1 heterocycles. The molecule has 21 heavy (non-hydrogen) atoms. The van der Waals surface area contributed by atoms with E-state index in [0.29, 0.717) is 12.0 Å². The Morgan fingerprint density at radius 1 is 1.19 bits per heavy atom. The summed E-state index contributed by atoms with van der Waals surface area (Å²) in [4.78, 5) is 4.73. The molecule has 4 heteroatoms. The van der Waals surface area contributed by atoms with Crippen molar-refractivity contribution in [3.63, 3.8) is 0 Å². The topological polar surface area (TPSA) is 51.0 Å². The maximum atomic E-state index is 5.58. The van der Waals surface area contributed by atoms with Gasteiger partial charge in [-0.1, -0.05) is 51.6 Å². The van der Waals surface area contributed by atoms with Crippen molar-refractivity contribution in [2.45, 2.75) is 90.0 Å². The zero-order chi connectivity index (χ0) is 15.1. The van der Waals surface area contributed by atoms with Crippen molar-refractivity contribution in [1.82, 2.24) is 15.5 Å². The largest absolute Gasteiger partial charge is 0.339 e. The molecule has 1 saturated carbocycles. The molecule has 0 saturated heterocycles. The van der Waals surface area contributed by atoms with Gasteiger partial charge in [-0.05, 0) is 32.2 Å². The molecule has 1 aromatic heterocycles. The van der Waals surface area contributed by atoms with Gasteiger partial charge in [0, 0.05) is 12.0 Å². The van der Waals surface area contributed by atoms with E-state index in [-0.39, 0.29) is 5.92 Å². The minimum Gasteiger partial charge on any atom is -0.339 e. The van der Waals surface area contributed by atoms with Crippen molar-refractivity contribution < 1.29 is 4.52 Å². The Kier molecular flexibility index (Phi) is 6.68. The number of nitrogens with zero attached hydrogens (tertiary/aromatic N) is 2. The van der Waals surface area contributed by atoms with Gasteiger partial charge in [-0.2, -0.15) is 4.98 Å². The number of rotatable bonds is 7. The molecule has 1 N–H and O–H groups in total. The maximum Gasteiger partial charge on any atom is 0.231 e. The van der Waals surface area contributed by atoms with E-state index in [9.17, 15) is 0 Å². The first kappa shape index (κ1) is 16.5. The van der Waals surface area contributed by atoms with E-state index < -0.39 is 0 Å². The molecule has 0 radical (unpaired) electrons. The van der Waals surface area contributed by atoms with Gasteiger partial charge in [0.15, 0.2) is 5.82 Å². The van der Waals surface area contributed by atoms with Crippen LogP contribution in [0.3, 0.4) is 0 Å². The molecule has 1 aliphatic carbocycles. The molecule has 0 aliphatic heterocycles. The fraction of sp³-hybridized carbons (Fsp3) is 0.882. The van der Waals surface area contributed by atoms with E-state index in [1.807, 2.05) is 0 Å². The predicted octanol–water partition coefficient (Wildman–Crippen LogP) is 4.39. The predicted molar refractivity (Wildman–Crippen MR) is 85.5 cm³/mol. The van der Waals surface area contributed by atoms with Crippen molar-refractivity contribution >= 4 is 0 Å². The van der Waals surface area contributed by atoms with Crippen LogP contribution in [-0.2, 0) is 0 Å². The summed E-state index contributed by atoms with van der Waals surface area (Å²) in [6.45, 7) is 7.65. The van der Waals surface area contributed by atoms with Crippen molar-refractivity contribution in [3.05, 3.63) is 11.7 Å². The number of aromatic nitrogens is 2. The summed E-state index contributed by atoms with van der Waals surface area (Å²) in [7, 11) is 0. The van der Waals surface area contributed by atoms with Crippen LogP contribution >= 0.6 is 0 Å². The molecular formula is C17H31N3O. The molecule has 4 nitrogen and oxygen atoms in total. The van der Waals surface area contributed by atoms with Gasteiger partial charge in [0.05, 0.1) is 5.92 Å². The fourth-order valence-electron chi connectivity index (χ4n) is 3.31. The van der Waals surface area contributed by atoms with Crippen LogP contribution in [0.1, 0.15) is 95.7 Å². The van der Waals surface area contributed by atoms with Crippen LogP contribution in [0, 0.1) is 0 Å². The van der Waals surface area contributed by atoms with E-state index in [2.05, 4.69) is 31.2 Å². The zero-order valence-corrected chi connectivity index (χ0v) is 13.9. The van der Waals surface area contributed by atoms with E-state index >= 15 is 0 Å². The second-order valence-electron chi connectivity index (χ2n) is 6.44. The third kappa shape index (κ3) is 4.53. The number of nitrogens with one attached hydrogen (secondary N) is 1. The summed E-state index contributed by atoms with van der Waals surface area (Å²) >= 11 is 0. The van der Waals surface area contributed by atoms with Gasteiger partial charge in [0.25, 0.3) is 0 Å². The Bertz CT molecular complexity index is 396. The van der Waals surface area contributed by atoms with Crippen LogP contribution in [0.2, 0.25) is 0 Å². The number of hydrogen-bond acceptors (Lipinski definition) is 4. The molecule has 0 spiro atoms. The molecule has 1 aliphatic rings. The van der Waals surface area contributed by atoms with Crippen molar-refractivity contribution in [1.29, 1.82) is 0 Å².